The summed E-state index contributed by atoms with van der Waals surface area (Å²) in [4.78, 5) is 17.2. The zero-order valence-corrected chi connectivity index (χ0v) is 16.3. The third-order valence-corrected chi connectivity index (χ3v) is 6.26. The van der Waals surface area contributed by atoms with Gasteiger partial charge < -0.3 is 9.80 Å². The largest absolute Gasteiger partial charge is 0.338 e. The predicted octanol–water partition coefficient (Wildman–Crippen LogP) is 3.10. The minimum Gasteiger partial charge on any atom is -0.338 e. The quantitative estimate of drug-likeness (QED) is 0.816. The van der Waals surface area contributed by atoms with Gasteiger partial charge in [0.1, 0.15) is 0 Å². The van der Waals surface area contributed by atoms with Crippen molar-refractivity contribution in [2.75, 3.05) is 26.2 Å². The highest BCUT2D eigenvalue weighted by atomic mass is 16.2. The second kappa shape index (κ2) is 7.85. The van der Waals surface area contributed by atoms with Gasteiger partial charge in [0.25, 0.3) is 0 Å². The van der Waals surface area contributed by atoms with Gasteiger partial charge in [-0.25, -0.2) is 0 Å². The van der Waals surface area contributed by atoms with Crippen LogP contribution in [0.4, 0.5) is 0 Å². The van der Waals surface area contributed by atoms with E-state index in [4.69, 9.17) is 0 Å². The van der Waals surface area contributed by atoms with Gasteiger partial charge >= 0.3 is 0 Å². The molecule has 2 fully saturated rings. The summed E-state index contributed by atoms with van der Waals surface area (Å²) in [6, 6.07) is 12.4. The lowest BCUT2D eigenvalue weighted by molar-refractivity contribution is -0.140. The summed E-state index contributed by atoms with van der Waals surface area (Å²) in [5.41, 5.74) is 2.71. The number of amides is 1. The number of carbonyl (C=O) groups is 1. The van der Waals surface area contributed by atoms with Crippen LogP contribution in [0.15, 0.2) is 42.6 Å². The molecular formula is C22H30N4O. The van der Waals surface area contributed by atoms with Crippen molar-refractivity contribution < 1.29 is 4.79 Å². The van der Waals surface area contributed by atoms with E-state index in [2.05, 4.69) is 56.8 Å². The summed E-state index contributed by atoms with van der Waals surface area (Å²) in [6.45, 7) is 8.00. The Labute approximate surface area is 162 Å². The molecule has 2 aromatic rings. The molecule has 144 valence electrons. The van der Waals surface area contributed by atoms with E-state index in [1.165, 1.54) is 24.1 Å². The van der Waals surface area contributed by atoms with E-state index in [1.54, 1.807) is 0 Å². The monoisotopic (exact) mass is 366 g/mol. The van der Waals surface area contributed by atoms with E-state index in [0.717, 1.165) is 45.7 Å². The maximum absolute atomic E-state index is 12.5. The van der Waals surface area contributed by atoms with Crippen LogP contribution in [-0.4, -0.2) is 51.7 Å². The van der Waals surface area contributed by atoms with Crippen LogP contribution in [0.25, 0.3) is 0 Å². The first kappa shape index (κ1) is 18.2. The minimum atomic E-state index is 0.264. The molecule has 4 rings (SSSR count). The lowest BCUT2D eigenvalue weighted by atomic mass is 9.73. The molecule has 0 saturated carbocycles. The molecule has 5 nitrogen and oxygen atoms in total. The Bertz CT molecular complexity index is 772. The highest BCUT2D eigenvalue weighted by Gasteiger charge is 2.41. The van der Waals surface area contributed by atoms with Crippen LogP contribution < -0.4 is 0 Å². The molecule has 0 aliphatic carbocycles. The maximum Gasteiger partial charge on any atom is 0.222 e. The fourth-order valence-corrected chi connectivity index (χ4v) is 4.75. The van der Waals surface area contributed by atoms with Gasteiger partial charge in [0, 0.05) is 49.9 Å². The van der Waals surface area contributed by atoms with E-state index in [1.807, 2.05) is 12.3 Å². The van der Waals surface area contributed by atoms with Crippen LogP contribution in [0.2, 0.25) is 0 Å². The number of hydrogen-bond donors (Lipinski definition) is 0. The summed E-state index contributed by atoms with van der Waals surface area (Å²) in [6.07, 6.45) is 6.07. The Morgan fingerprint density at radius 3 is 2.70 bits per heavy atom. The normalized spacial score (nSPS) is 23.9. The van der Waals surface area contributed by atoms with Gasteiger partial charge in [-0.1, -0.05) is 30.3 Å². The van der Waals surface area contributed by atoms with Crippen LogP contribution in [0, 0.1) is 12.3 Å². The molecule has 1 spiro atoms. The number of piperidine rings is 2. The Hall–Kier alpha value is -2.14. The van der Waals surface area contributed by atoms with E-state index in [9.17, 15) is 4.79 Å². The average molecular weight is 367 g/mol. The topological polar surface area (TPSA) is 41.4 Å². The summed E-state index contributed by atoms with van der Waals surface area (Å²) in [7, 11) is 0. The van der Waals surface area contributed by atoms with Crippen LogP contribution in [0.5, 0.6) is 0 Å². The summed E-state index contributed by atoms with van der Waals surface area (Å²) >= 11 is 0. The molecule has 1 atom stereocenters. The van der Waals surface area contributed by atoms with Gasteiger partial charge in [0.15, 0.2) is 0 Å². The molecule has 1 unspecified atom stereocenters. The van der Waals surface area contributed by atoms with E-state index >= 15 is 0 Å². The first-order chi connectivity index (χ1) is 13.1. The molecule has 2 aliphatic rings. The molecular weight excluding hydrogens is 336 g/mol. The minimum absolute atomic E-state index is 0.264. The zero-order valence-electron chi connectivity index (χ0n) is 16.3. The van der Waals surface area contributed by atoms with Crippen molar-refractivity contribution in [3.8, 4) is 0 Å². The Kier molecular flexibility index (Phi) is 5.30. The molecule has 27 heavy (non-hydrogen) atoms. The average Bonchev–Trinajstić information content (AvgIpc) is 3.09. The Morgan fingerprint density at radius 2 is 1.93 bits per heavy atom. The van der Waals surface area contributed by atoms with Crippen molar-refractivity contribution in [3.63, 3.8) is 0 Å². The molecule has 1 aromatic carbocycles. The van der Waals surface area contributed by atoms with E-state index < -0.39 is 0 Å². The number of rotatable bonds is 5. The van der Waals surface area contributed by atoms with Crippen molar-refractivity contribution in [2.45, 2.75) is 45.7 Å². The number of aromatic nitrogens is 2. The van der Waals surface area contributed by atoms with Gasteiger partial charge in [-0.05, 0) is 44.4 Å². The van der Waals surface area contributed by atoms with Gasteiger partial charge in [-0.2, -0.15) is 5.10 Å². The summed E-state index contributed by atoms with van der Waals surface area (Å²) in [5, 5.41) is 4.41. The lowest BCUT2D eigenvalue weighted by Crippen LogP contribution is -2.54. The molecule has 0 radical (unpaired) electrons. The lowest BCUT2D eigenvalue weighted by Gasteiger charge is -2.48. The van der Waals surface area contributed by atoms with Gasteiger partial charge in [-0.15, -0.1) is 0 Å². The molecule has 0 N–H and O–H groups in total. The number of hydrogen-bond acceptors (Lipinski definition) is 3. The number of aryl methyl sites for hydroxylation is 1. The Balaban J connectivity index is 1.39. The maximum atomic E-state index is 12.5. The van der Waals surface area contributed by atoms with E-state index in [-0.39, 0.29) is 5.41 Å². The molecule has 2 aliphatic heterocycles. The third-order valence-electron chi connectivity index (χ3n) is 6.26. The molecule has 1 aromatic heterocycles. The molecule has 0 bridgehead atoms. The number of carbonyl (C=O) groups excluding carboxylic acids is 1. The fourth-order valence-electron chi connectivity index (χ4n) is 4.75. The van der Waals surface area contributed by atoms with Crippen molar-refractivity contribution in [3.05, 3.63) is 53.9 Å². The number of benzene rings is 1. The van der Waals surface area contributed by atoms with Crippen LogP contribution in [0.1, 0.15) is 36.9 Å². The van der Waals surface area contributed by atoms with Crippen LogP contribution >= 0.6 is 0 Å². The van der Waals surface area contributed by atoms with Crippen LogP contribution in [0.3, 0.4) is 0 Å². The standard InChI is InChI=1S/C22H30N4O/c1-19-9-12-23-26(19)15-14-24-13-5-10-22(17-24)11-8-21(27)25(18-22)16-20-6-3-2-4-7-20/h2-4,6-7,9,12H,5,8,10-11,13-18H2,1H3. The molecule has 1 amide bonds. The highest BCUT2D eigenvalue weighted by Crippen LogP contribution is 2.39. The second-order valence-corrected chi connectivity index (χ2v) is 8.31. The van der Waals surface area contributed by atoms with Gasteiger partial charge in [-0.3, -0.25) is 9.48 Å². The molecule has 2 saturated heterocycles. The summed E-state index contributed by atoms with van der Waals surface area (Å²) < 4.78 is 2.09. The second-order valence-electron chi connectivity index (χ2n) is 8.31. The third kappa shape index (κ3) is 4.24. The van der Waals surface area contributed by atoms with Crippen molar-refractivity contribution >= 4 is 5.91 Å². The summed E-state index contributed by atoms with van der Waals surface area (Å²) in [5.74, 6) is 0.314. The van der Waals surface area contributed by atoms with Gasteiger partial charge in [0.05, 0.1) is 6.54 Å². The Morgan fingerprint density at radius 1 is 1.07 bits per heavy atom. The van der Waals surface area contributed by atoms with Crippen LogP contribution in [-0.2, 0) is 17.9 Å². The molecule has 5 heteroatoms. The first-order valence-electron chi connectivity index (χ1n) is 10.2. The highest BCUT2D eigenvalue weighted by molar-refractivity contribution is 5.77. The van der Waals surface area contributed by atoms with Crippen molar-refractivity contribution in [1.82, 2.24) is 19.6 Å². The van der Waals surface area contributed by atoms with Gasteiger partial charge in [0.2, 0.25) is 5.91 Å². The van der Waals surface area contributed by atoms with Crippen molar-refractivity contribution in [1.29, 1.82) is 0 Å². The molecule has 3 heterocycles. The fraction of sp³-hybridized carbons (Fsp3) is 0.545. The predicted molar refractivity (Wildman–Crippen MR) is 106 cm³/mol. The van der Waals surface area contributed by atoms with E-state index in [0.29, 0.717) is 12.3 Å². The van der Waals surface area contributed by atoms with Crippen molar-refractivity contribution in [2.24, 2.45) is 5.41 Å². The SMILES string of the molecule is Cc1ccnn1CCN1CCCC2(CCC(=O)N(Cc3ccccc3)C2)C1. The number of nitrogens with zero attached hydrogens (tertiary/aromatic N) is 4. The number of likely N-dealkylation sites (tertiary alicyclic amines) is 2. The zero-order chi connectivity index (χ0) is 18.7. The first-order valence-corrected chi connectivity index (χ1v) is 10.2. The smallest absolute Gasteiger partial charge is 0.222 e.